The van der Waals surface area contributed by atoms with Gasteiger partial charge in [-0.15, -0.1) is 0 Å². The molecule has 11 heteroatoms. The van der Waals surface area contributed by atoms with Crippen molar-refractivity contribution in [3.63, 3.8) is 0 Å². The average Bonchev–Trinajstić information content (AvgIpc) is 3.13. The lowest BCUT2D eigenvalue weighted by Gasteiger charge is -2.23. The molecule has 290 valence electrons. The van der Waals surface area contributed by atoms with Gasteiger partial charge in [0.2, 0.25) is 17.8 Å². The van der Waals surface area contributed by atoms with Gasteiger partial charge >= 0.3 is 12.2 Å². The van der Waals surface area contributed by atoms with E-state index in [1.807, 2.05) is 48.5 Å². The summed E-state index contributed by atoms with van der Waals surface area (Å²) >= 11 is 0. The Morgan fingerprint density at radius 1 is 0.630 bits per heavy atom. The first kappa shape index (κ1) is 41.6. The summed E-state index contributed by atoms with van der Waals surface area (Å²) in [5, 5.41) is 27.6. The molecule has 4 aromatic rings. The molecule has 0 aliphatic carbocycles. The minimum atomic E-state index is -1.32. The molecule has 0 saturated carbocycles. The predicted molar refractivity (Wildman–Crippen MR) is 220 cm³/mol. The summed E-state index contributed by atoms with van der Waals surface area (Å²) < 4.78 is 0. The van der Waals surface area contributed by atoms with Gasteiger partial charge in [0.25, 0.3) is 0 Å². The fraction of sp³-hybridized carbons (Fsp3) is 0.465. The number of carboxylic acid groups (broad SMARTS) is 2. The molecular formula is C43H59N7O4. The van der Waals surface area contributed by atoms with Crippen LogP contribution in [-0.4, -0.2) is 42.9 Å². The van der Waals surface area contributed by atoms with Gasteiger partial charge < -0.3 is 20.8 Å². The molecule has 4 rings (SSSR count). The van der Waals surface area contributed by atoms with Crippen LogP contribution in [0.1, 0.15) is 111 Å². The summed E-state index contributed by atoms with van der Waals surface area (Å²) in [4.78, 5) is 41.3. The van der Waals surface area contributed by atoms with E-state index in [1.54, 1.807) is 24.3 Å². The summed E-state index contributed by atoms with van der Waals surface area (Å²) in [6.07, 6.45) is 8.26. The third-order valence-electron chi connectivity index (χ3n) is 9.58. The number of anilines is 7. The number of unbranched alkanes of at least 4 members (excludes halogenated alkanes) is 2. The highest BCUT2D eigenvalue weighted by molar-refractivity contribution is 5.95. The Kier molecular flexibility index (Phi) is 15.2. The lowest BCUT2D eigenvalue weighted by Crippen LogP contribution is -2.30. The minimum Gasteiger partial charge on any atom is -0.464 e. The van der Waals surface area contributed by atoms with Crippen molar-refractivity contribution in [3.05, 3.63) is 83.9 Å². The second-order valence-electron chi connectivity index (χ2n) is 15.1. The zero-order valence-corrected chi connectivity index (χ0v) is 33.1. The van der Waals surface area contributed by atoms with E-state index in [1.165, 1.54) is 12.8 Å². The van der Waals surface area contributed by atoms with E-state index < -0.39 is 12.2 Å². The van der Waals surface area contributed by atoms with Gasteiger partial charge in [-0.1, -0.05) is 103 Å². The van der Waals surface area contributed by atoms with Crippen LogP contribution in [0, 0.1) is 11.8 Å². The molecule has 0 bridgehead atoms. The van der Waals surface area contributed by atoms with Gasteiger partial charge in [0.05, 0.1) is 11.4 Å². The Morgan fingerprint density at radius 2 is 1.04 bits per heavy atom. The van der Waals surface area contributed by atoms with E-state index in [9.17, 15) is 19.8 Å². The van der Waals surface area contributed by atoms with Gasteiger partial charge in [0.15, 0.2) is 0 Å². The normalized spacial score (nSPS) is 12.5. The van der Waals surface area contributed by atoms with E-state index >= 15 is 0 Å². The quantitative estimate of drug-likeness (QED) is 0.0739. The van der Waals surface area contributed by atoms with Crippen molar-refractivity contribution in [2.45, 2.75) is 118 Å². The van der Waals surface area contributed by atoms with Crippen LogP contribution in [0.25, 0.3) is 0 Å². The topological polar surface area (TPSA) is 144 Å². The third-order valence-corrected chi connectivity index (χ3v) is 9.58. The largest absolute Gasteiger partial charge is 0.464 e. The number of hydrogen-bond acceptors (Lipinski definition) is 7. The number of nitrogens with zero attached hydrogens (tertiary/aromatic N) is 5. The minimum absolute atomic E-state index is 0.0132. The molecule has 0 aliphatic rings. The first-order chi connectivity index (χ1) is 25.8. The fourth-order valence-electron chi connectivity index (χ4n) is 6.55. The van der Waals surface area contributed by atoms with Crippen molar-refractivity contribution >= 4 is 52.8 Å². The van der Waals surface area contributed by atoms with Crippen LogP contribution >= 0.6 is 0 Å². The lowest BCUT2D eigenvalue weighted by atomic mass is 9.92. The van der Waals surface area contributed by atoms with Gasteiger partial charge in [-0.2, -0.15) is 15.0 Å². The number of aromatic nitrogens is 3. The Hall–Kier alpha value is -5.19. The van der Waals surface area contributed by atoms with Gasteiger partial charge in [0, 0.05) is 16.9 Å². The molecule has 0 aliphatic heterocycles. The maximum Gasteiger partial charge on any atom is 0.418 e. The van der Waals surface area contributed by atoms with E-state index in [0.29, 0.717) is 28.9 Å². The fourth-order valence-corrected chi connectivity index (χ4v) is 6.55. The first-order valence-electron chi connectivity index (χ1n) is 19.5. The summed E-state index contributed by atoms with van der Waals surface area (Å²) in [7, 11) is 0. The molecule has 54 heavy (non-hydrogen) atoms. The van der Waals surface area contributed by atoms with Crippen LogP contribution in [0.4, 0.5) is 50.2 Å². The maximum absolute atomic E-state index is 12.9. The second kappa shape index (κ2) is 19.8. The Bertz CT molecular complexity index is 1680. The molecule has 2 atom stereocenters. The van der Waals surface area contributed by atoms with Crippen LogP contribution in [-0.2, 0) is 12.8 Å². The predicted octanol–water partition coefficient (Wildman–Crippen LogP) is 12.0. The number of rotatable bonds is 19. The molecule has 11 nitrogen and oxygen atoms in total. The monoisotopic (exact) mass is 737 g/mol. The molecule has 4 N–H and O–H groups in total. The number of amides is 2. The third kappa shape index (κ3) is 12.2. The standard InChI is InChI=1S/C43H59N7O4/c1-8-12-14-30(10-3)28-32-16-24-36(25-17-32)49(41(51)52)39-45-38(44-34-20-22-35(23-21-34)48-43(5,6)7)46-40(47-39)50(42(53)54)37-26-18-33(19-27-37)29-31(11-4)15-13-9-2/h16-27,30-31,48H,8-15,28-29H2,1-7H3,(H,51,52)(H,53,54)(H,44,45,46,47)/t30-,31-/m1/s1. The molecular weight excluding hydrogens is 679 g/mol. The summed E-state index contributed by atoms with van der Waals surface area (Å²) in [6.45, 7) is 15.0. The van der Waals surface area contributed by atoms with Crippen LogP contribution < -0.4 is 20.4 Å². The smallest absolute Gasteiger partial charge is 0.418 e. The van der Waals surface area contributed by atoms with E-state index in [2.05, 4.69) is 74.1 Å². The summed E-state index contributed by atoms with van der Waals surface area (Å²) in [5.74, 6) is 0.602. The molecule has 0 radical (unpaired) electrons. The van der Waals surface area contributed by atoms with Crippen molar-refractivity contribution in [2.75, 3.05) is 20.4 Å². The van der Waals surface area contributed by atoms with E-state index in [-0.39, 0.29) is 23.4 Å². The van der Waals surface area contributed by atoms with Crippen molar-refractivity contribution in [3.8, 4) is 0 Å². The number of carbonyl (C=O) groups is 2. The molecule has 1 aromatic heterocycles. The molecule has 1 heterocycles. The van der Waals surface area contributed by atoms with Gasteiger partial charge in [-0.05, 0) is 105 Å². The van der Waals surface area contributed by atoms with Gasteiger partial charge in [0.1, 0.15) is 0 Å². The number of nitrogens with one attached hydrogen (secondary N) is 2. The highest BCUT2D eigenvalue weighted by atomic mass is 16.4. The Morgan fingerprint density at radius 3 is 1.39 bits per heavy atom. The maximum atomic E-state index is 12.9. The van der Waals surface area contributed by atoms with Crippen molar-refractivity contribution < 1.29 is 19.8 Å². The van der Waals surface area contributed by atoms with Crippen molar-refractivity contribution in [2.24, 2.45) is 11.8 Å². The Balaban J connectivity index is 1.74. The zero-order valence-electron chi connectivity index (χ0n) is 33.1. The lowest BCUT2D eigenvalue weighted by molar-refractivity contribution is 0.203. The highest BCUT2D eigenvalue weighted by Crippen LogP contribution is 2.31. The number of hydrogen-bond donors (Lipinski definition) is 4. The zero-order chi connectivity index (χ0) is 39.3. The van der Waals surface area contributed by atoms with Crippen molar-refractivity contribution in [1.82, 2.24) is 15.0 Å². The van der Waals surface area contributed by atoms with Gasteiger partial charge in [-0.3, -0.25) is 0 Å². The summed E-state index contributed by atoms with van der Waals surface area (Å²) in [6, 6.07) is 22.2. The van der Waals surface area contributed by atoms with Crippen molar-refractivity contribution in [1.29, 1.82) is 0 Å². The molecule has 3 aromatic carbocycles. The van der Waals surface area contributed by atoms with Crippen LogP contribution in [0.5, 0.6) is 0 Å². The molecule has 2 amide bonds. The molecule has 0 fully saturated rings. The summed E-state index contributed by atoms with van der Waals surface area (Å²) in [5.41, 5.74) is 4.29. The average molecular weight is 738 g/mol. The van der Waals surface area contributed by atoms with Gasteiger partial charge in [-0.25, -0.2) is 19.4 Å². The van der Waals surface area contributed by atoms with E-state index in [0.717, 1.165) is 78.0 Å². The molecule has 0 saturated heterocycles. The molecule has 0 unspecified atom stereocenters. The van der Waals surface area contributed by atoms with Crippen LogP contribution in [0.15, 0.2) is 72.8 Å². The Labute approximate surface area is 321 Å². The highest BCUT2D eigenvalue weighted by Gasteiger charge is 2.27. The second-order valence-corrected chi connectivity index (χ2v) is 15.1. The van der Waals surface area contributed by atoms with Crippen LogP contribution in [0.2, 0.25) is 0 Å². The van der Waals surface area contributed by atoms with Crippen LogP contribution in [0.3, 0.4) is 0 Å². The first-order valence-corrected chi connectivity index (χ1v) is 19.5. The molecule has 0 spiro atoms. The SMILES string of the molecule is CCCC[C@@H](CC)Cc1ccc(N(C(=O)O)c2nc(Nc3ccc(NC(C)(C)C)cc3)nc(N(C(=O)O)c3ccc(C[C@H](CC)CCCC)cc3)n2)cc1. The van der Waals surface area contributed by atoms with E-state index in [4.69, 9.17) is 0 Å². The number of benzene rings is 3.